The van der Waals surface area contributed by atoms with E-state index in [2.05, 4.69) is 26.1 Å². The summed E-state index contributed by atoms with van der Waals surface area (Å²) >= 11 is 1.44. The Balaban J connectivity index is 1.92. The summed E-state index contributed by atoms with van der Waals surface area (Å²) in [6.45, 7) is 9.06. The Hall–Kier alpha value is -3.17. The Kier molecular flexibility index (Phi) is 8.57. The second-order valence-electron chi connectivity index (χ2n) is 10.5. The minimum Gasteiger partial charge on any atom is -0.385 e. The van der Waals surface area contributed by atoms with Crippen LogP contribution in [0.3, 0.4) is 0 Å². The molecule has 1 atom stereocenters. The van der Waals surface area contributed by atoms with Crippen LogP contribution in [0.25, 0.3) is 5.69 Å². The number of aromatic nitrogens is 2. The van der Waals surface area contributed by atoms with E-state index in [1.165, 1.54) is 23.9 Å². The average molecular weight is 539 g/mol. The zero-order valence-corrected chi connectivity index (χ0v) is 23.4. The number of rotatable bonds is 8. The first-order chi connectivity index (χ1) is 18.1. The molecule has 0 spiro atoms. The summed E-state index contributed by atoms with van der Waals surface area (Å²) < 4.78 is 21.2. The van der Waals surface area contributed by atoms with E-state index in [9.17, 15) is 14.0 Å². The number of anilines is 1. The molecule has 0 saturated heterocycles. The van der Waals surface area contributed by atoms with E-state index in [-0.39, 0.29) is 40.6 Å². The molecule has 7 nitrogen and oxygen atoms in total. The molecular formula is C29H35FN4O3S. The Morgan fingerprint density at radius 1 is 1.21 bits per heavy atom. The van der Waals surface area contributed by atoms with Gasteiger partial charge in [0.25, 0.3) is 0 Å². The molecule has 2 aromatic carbocycles. The SMILES string of the molecule is COCCCNC(=O)CN1C(=O)CS[C@@H](c2cccc(F)c2)c2c(C(C)(C)C)nn(-c3ccccc3C)c21. The Morgan fingerprint density at radius 3 is 2.66 bits per heavy atom. The van der Waals surface area contributed by atoms with Crippen molar-refractivity contribution < 1.29 is 18.7 Å². The highest BCUT2D eigenvalue weighted by atomic mass is 32.2. The minimum absolute atomic E-state index is 0.142. The molecule has 1 aliphatic rings. The lowest BCUT2D eigenvalue weighted by atomic mass is 9.87. The van der Waals surface area contributed by atoms with Crippen molar-refractivity contribution >= 4 is 29.4 Å². The zero-order chi connectivity index (χ0) is 27.4. The predicted molar refractivity (Wildman–Crippen MR) is 150 cm³/mol. The number of carbonyl (C=O) groups is 2. The number of nitrogens with one attached hydrogen (secondary N) is 1. The van der Waals surface area contributed by atoms with E-state index < -0.39 is 0 Å². The van der Waals surface area contributed by atoms with Gasteiger partial charge >= 0.3 is 0 Å². The lowest BCUT2D eigenvalue weighted by Crippen LogP contribution is -2.42. The van der Waals surface area contributed by atoms with Crippen LogP contribution in [0.1, 0.15) is 54.8 Å². The van der Waals surface area contributed by atoms with Crippen molar-refractivity contribution in [2.75, 3.05) is 37.5 Å². The predicted octanol–water partition coefficient (Wildman–Crippen LogP) is 4.94. The van der Waals surface area contributed by atoms with E-state index >= 15 is 0 Å². The average Bonchev–Trinajstić information content (AvgIpc) is 3.20. The molecule has 9 heteroatoms. The van der Waals surface area contributed by atoms with Gasteiger partial charge in [-0.25, -0.2) is 9.07 Å². The van der Waals surface area contributed by atoms with Crippen molar-refractivity contribution in [3.8, 4) is 5.69 Å². The van der Waals surface area contributed by atoms with Crippen molar-refractivity contribution in [1.29, 1.82) is 0 Å². The Morgan fingerprint density at radius 2 is 1.97 bits per heavy atom. The first-order valence-corrected chi connectivity index (χ1v) is 13.8. The fourth-order valence-electron chi connectivity index (χ4n) is 4.62. The molecule has 0 unspecified atom stereocenters. The molecule has 2 amide bonds. The van der Waals surface area contributed by atoms with Crippen LogP contribution in [0.5, 0.6) is 0 Å². The molecule has 1 N–H and O–H groups in total. The van der Waals surface area contributed by atoms with Gasteiger partial charge in [-0.1, -0.05) is 51.1 Å². The van der Waals surface area contributed by atoms with Gasteiger partial charge in [-0.15, -0.1) is 11.8 Å². The standard InChI is InChI=1S/C29H35FN4O3S/c1-19-10-6-7-13-22(19)34-28-25(27(32-34)29(2,3)4)26(20-11-8-12-21(30)16-20)38-18-24(36)33(28)17-23(35)31-14-9-15-37-5/h6-8,10-13,16,26H,9,14-15,17-18H2,1-5H3,(H,31,35)/t26-/m0/s1. The normalized spacial score (nSPS) is 15.8. The van der Waals surface area contributed by atoms with Gasteiger partial charge in [0.05, 0.1) is 22.4 Å². The monoisotopic (exact) mass is 538 g/mol. The topological polar surface area (TPSA) is 76.5 Å². The highest BCUT2D eigenvalue weighted by Gasteiger charge is 2.40. The van der Waals surface area contributed by atoms with Crippen LogP contribution < -0.4 is 10.2 Å². The molecule has 202 valence electrons. The number of para-hydroxylation sites is 1. The number of hydrogen-bond acceptors (Lipinski definition) is 5. The van der Waals surface area contributed by atoms with Crippen LogP contribution in [-0.4, -0.2) is 54.2 Å². The van der Waals surface area contributed by atoms with E-state index in [0.29, 0.717) is 25.4 Å². The molecule has 3 aromatic rings. The number of aryl methyl sites for hydroxylation is 1. The summed E-state index contributed by atoms with van der Waals surface area (Å²) in [4.78, 5) is 28.2. The van der Waals surface area contributed by atoms with E-state index in [1.807, 2.05) is 37.3 Å². The molecule has 4 rings (SSSR count). The molecule has 2 heterocycles. The molecule has 38 heavy (non-hydrogen) atoms. The van der Waals surface area contributed by atoms with Crippen molar-refractivity contribution in [2.45, 2.75) is 44.8 Å². The summed E-state index contributed by atoms with van der Waals surface area (Å²) in [6.07, 6.45) is 0.675. The number of carbonyl (C=O) groups excluding carboxylic acids is 2. The third-order valence-corrected chi connectivity index (χ3v) is 7.70. The number of amides is 2. The molecule has 0 radical (unpaired) electrons. The number of benzene rings is 2. The second kappa shape index (κ2) is 11.7. The first kappa shape index (κ1) is 27.9. The highest BCUT2D eigenvalue weighted by molar-refractivity contribution is 8.00. The van der Waals surface area contributed by atoms with Crippen molar-refractivity contribution in [3.05, 3.63) is 76.7 Å². The molecule has 1 aromatic heterocycles. The first-order valence-electron chi connectivity index (χ1n) is 12.7. The number of fused-ring (bicyclic) bond motifs is 1. The summed E-state index contributed by atoms with van der Waals surface area (Å²) in [7, 11) is 1.62. The number of thioether (sulfide) groups is 1. The number of methoxy groups -OCH3 is 1. The molecule has 0 aliphatic carbocycles. The number of halogens is 1. The Bertz CT molecular complexity index is 1320. The molecule has 0 fully saturated rings. The Labute approximate surface area is 227 Å². The fraction of sp³-hybridized carbons (Fsp3) is 0.414. The maximum absolute atomic E-state index is 14.4. The van der Waals surface area contributed by atoms with Gasteiger partial charge in [0, 0.05) is 31.2 Å². The van der Waals surface area contributed by atoms with Crippen LogP contribution in [0, 0.1) is 12.7 Å². The fourth-order valence-corrected chi connectivity index (χ4v) is 5.81. The van der Waals surface area contributed by atoms with Crippen LogP contribution in [0.2, 0.25) is 0 Å². The summed E-state index contributed by atoms with van der Waals surface area (Å²) in [5.74, 6) is -0.0945. The van der Waals surface area contributed by atoms with Crippen molar-refractivity contribution in [3.63, 3.8) is 0 Å². The van der Waals surface area contributed by atoms with Gasteiger partial charge < -0.3 is 10.1 Å². The largest absolute Gasteiger partial charge is 0.385 e. The molecule has 0 saturated carbocycles. The molecular weight excluding hydrogens is 503 g/mol. The zero-order valence-electron chi connectivity index (χ0n) is 22.6. The van der Waals surface area contributed by atoms with E-state index in [4.69, 9.17) is 9.84 Å². The van der Waals surface area contributed by atoms with E-state index in [1.54, 1.807) is 22.8 Å². The molecule has 1 aliphatic heterocycles. The van der Waals surface area contributed by atoms with Crippen LogP contribution in [0.4, 0.5) is 10.2 Å². The van der Waals surface area contributed by atoms with Gasteiger partial charge in [0.2, 0.25) is 11.8 Å². The number of hydrogen-bond donors (Lipinski definition) is 1. The third kappa shape index (κ3) is 5.94. The maximum atomic E-state index is 14.4. The van der Waals surface area contributed by atoms with Gasteiger partial charge in [0.1, 0.15) is 18.2 Å². The van der Waals surface area contributed by atoms with Crippen molar-refractivity contribution in [1.82, 2.24) is 15.1 Å². The highest BCUT2D eigenvalue weighted by Crippen LogP contribution is 2.48. The van der Waals surface area contributed by atoms with Gasteiger partial charge in [-0.05, 0) is 42.7 Å². The number of ether oxygens (including phenoxy) is 1. The van der Waals surface area contributed by atoms with Gasteiger partial charge in [-0.3, -0.25) is 14.5 Å². The summed E-state index contributed by atoms with van der Waals surface area (Å²) in [5, 5.41) is 7.63. The minimum atomic E-state index is -0.383. The van der Waals surface area contributed by atoms with Crippen LogP contribution >= 0.6 is 11.8 Å². The second-order valence-corrected chi connectivity index (χ2v) is 11.5. The molecule has 0 bridgehead atoms. The van der Waals surface area contributed by atoms with Crippen molar-refractivity contribution in [2.24, 2.45) is 0 Å². The maximum Gasteiger partial charge on any atom is 0.240 e. The quantitative estimate of drug-likeness (QED) is 0.411. The summed E-state index contributed by atoms with van der Waals surface area (Å²) in [6, 6.07) is 14.3. The summed E-state index contributed by atoms with van der Waals surface area (Å²) in [5.41, 5.74) is 3.80. The number of nitrogens with zero attached hydrogens (tertiary/aromatic N) is 3. The smallest absolute Gasteiger partial charge is 0.240 e. The third-order valence-electron chi connectivity index (χ3n) is 6.44. The lowest BCUT2D eigenvalue weighted by molar-refractivity contribution is -0.122. The van der Waals surface area contributed by atoms with E-state index in [0.717, 1.165) is 28.1 Å². The van der Waals surface area contributed by atoms with Crippen LogP contribution in [0.15, 0.2) is 48.5 Å². The van der Waals surface area contributed by atoms with Gasteiger partial charge in [-0.2, -0.15) is 5.10 Å². The lowest BCUT2D eigenvalue weighted by Gasteiger charge is -2.25. The van der Waals surface area contributed by atoms with Gasteiger partial charge in [0.15, 0.2) is 0 Å². The van der Waals surface area contributed by atoms with Crippen LogP contribution in [-0.2, 0) is 19.7 Å².